The molecule has 1 rings (SSSR count). The van der Waals surface area contributed by atoms with Crippen molar-refractivity contribution in [3.05, 3.63) is 29.8 Å². The van der Waals surface area contributed by atoms with Crippen molar-refractivity contribution < 1.29 is 17.9 Å². The third-order valence-electron chi connectivity index (χ3n) is 2.42. The standard InChI is InChI=1S/C13H19NO4S/c1-10(2)18-13(15)9-14(19(4,16)17)12-8-6-5-7-11(12)3/h5-8,10H,9H2,1-4H3. The molecule has 0 aliphatic rings. The molecule has 0 aliphatic carbocycles. The Labute approximate surface area is 114 Å². The maximum atomic E-state index is 11.8. The molecule has 0 amide bonds. The number of anilines is 1. The number of hydrogen-bond acceptors (Lipinski definition) is 4. The summed E-state index contributed by atoms with van der Waals surface area (Å²) in [6.45, 7) is 4.91. The molecule has 0 saturated carbocycles. The fraction of sp³-hybridized carbons (Fsp3) is 0.462. The highest BCUT2D eigenvalue weighted by molar-refractivity contribution is 7.92. The van der Waals surface area contributed by atoms with Crippen LogP contribution in [0.5, 0.6) is 0 Å². The molecule has 1 aromatic carbocycles. The van der Waals surface area contributed by atoms with E-state index in [0.717, 1.165) is 16.1 Å². The van der Waals surface area contributed by atoms with Crippen LogP contribution in [0.3, 0.4) is 0 Å². The van der Waals surface area contributed by atoms with Crippen LogP contribution < -0.4 is 4.31 Å². The number of esters is 1. The maximum absolute atomic E-state index is 11.8. The lowest BCUT2D eigenvalue weighted by atomic mass is 10.2. The molecule has 106 valence electrons. The molecule has 0 unspecified atom stereocenters. The minimum absolute atomic E-state index is 0.272. The van der Waals surface area contributed by atoms with Gasteiger partial charge in [0.05, 0.1) is 18.0 Å². The highest BCUT2D eigenvalue weighted by Crippen LogP contribution is 2.21. The average molecular weight is 285 g/mol. The van der Waals surface area contributed by atoms with Gasteiger partial charge in [-0.2, -0.15) is 0 Å². The molecule has 5 nitrogen and oxygen atoms in total. The fourth-order valence-electron chi connectivity index (χ4n) is 1.64. The van der Waals surface area contributed by atoms with Crippen LogP contribution in [-0.2, 0) is 19.6 Å². The number of nitrogens with zero attached hydrogens (tertiary/aromatic N) is 1. The Balaban J connectivity index is 3.05. The largest absolute Gasteiger partial charge is 0.462 e. The first-order chi connectivity index (χ1) is 8.71. The van der Waals surface area contributed by atoms with Crippen LogP contribution in [0.4, 0.5) is 5.69 Å². The van der Waals surface area contributed by atoms with E-state index in [1.807, 2.05) is 6.07 Å². The smallest absolute Gasteiger partial charge is 0.327 e. The summed E-state index contributed by atoms with van der Waals surface area (Å²) >= 11 is 0. The Morgan fingerprint density at radius 2 is 1.89 bits per heavy atom. The predicted molar refractivity (Wildman–Crippen MR) is 74.6 cm³/mol. The zero-order chi connectivity index (χ0) is 14.6. The summed E-state index contributed by atoms with van der Waals surface area (Å²) in [5.74, 6) is -0.566. The van der Waals surface area contributed by atoms with E-state index in [2.05, 4.69) is 0 Å². The van der Waals surface area contributed by atoms with Crippen LogP contribution in [0.2, 0.25) is 0 Å². The van der Waals surface area contributed by atoms with E-state index in [1.165, 1.54) is 0 Å². The molecular formula is C13H19NO4S. The summed E-state index contributed by atoms with van der Waals surface area (Å²) in [5, 5.41) is 0. The normalized spacial score (nSPS) is 11.4. The molecule has 0 saturated heterocycles. The Hall–Kier alpha value is -1.56. The van der Waals surface area contributed by atoms with E-state index in [-0.39, 0.29) is 12.6 Å². The second-order valence-electron chi connectivity index (χ2n) is 4.59. The summed E-state index contributed by atoms with van der Waals surface area (Å²) in [6, 6.07) is 7.00. The van der Waals surface area contributed by atoms with Gasteiger partial charge in [-0.05, 0) is 32.4 Å². The second-order valence-corrected chi connectivity index (χ2v) is 6.50. The third-order valence-corrected chi connectivity index (χ3v) is 3.55. The number of rotatable bonds is 5. The van der Waals surface area contributed by atoms with Gasteiger partial charge in [0.2, 0.25) is 10.0 Å². The molecule has 0 radical (unpaired) electrons. The first-order valence-electron chi connectivity index (χ1n) is 5.94. The second kappa shape index (κ2) is 6.06. The molecule has 1 aromatic rings. The Morgan fingerprint density at radius 1 is 1.32 bits per heavy atom. The monoisotopic (exact) mass is 285 g/mol. The lowest BCUT2D eigenvalue weighted by Crippen LogP contribution is -2.36. The van der Waals surface area contributed by atoms with Gasteiger partial charge in [-0.1, -0.05) is 18.2 Å². The van der Waals surface area contributed by atoms with Gasteiger partial charge in [0.1, 0.15) is 6.54 Å². The van der Waals surface area contributed by atoms with Crippen molar-refractivity contribution in [1.82, 2.24) is 0 Å². The van der Waals surface area contributed by atoms with Crippen molar-refractivity contribution in [3.8, 4) is 0 Å². The van der Waals surface area contributed by atoms with Crippen molar-refractivity contribution in [2.45, 2.75) is 26.9 Å². The molecule has 0 atom stereocenters. The van der Waals surface area contributed by atoms with Crippen LogP contribution in [0.15, 0.2) is 24.3 Å². The van der Waals surface area contributed by atoms with E-state index >= 15 is 0 Å². The highest BCUT2D eigenvalue weighted by atomic mass is 32.2. The summed E-state index contributed by atoms with van der Waals surface area (Å²) in [4.78, 5) is 11.7. The molecule has 0 bridgehead atoms. The molecule has 0 heterocycles. The van der Waals surface area contributed by atoms with Gasteiger partial charge in [-0.3, -0.25) is 9.10 Å². The Morgan fingerprint density at radius 3 is 2.37 bits per heavy atom. The molecule has 0 spiro atoms. The number of carbonyl (C=O) groups is 1. The van der Waals surface area contributed by atoms with Gasteiger partial charge in [0, 0.05) is 0 Å². The number of carbonyl (C=O) groups excluding carboxylic acids is 1. The lowest BCUT2D eigenvalue weighted by Gasteiger charge is -2.23. The van der Waals surface area contributed by atoms with Crippen LogP contribution >= 0.6 is 0 Å². The molecule has 0 aromatic heterocycles. The summed E-state index contributed by atoms with van der Waals surface area (Å²) in [5.41, 5.74) is 1.27. The van der Waals surface area contributed by atoms with E-state index in [0.29, 0.717) is 5.69 Å². The molecule has 0 aliphatic heterocycles. The molecule has 0 fully saturated rings. The van der Waals surface area contributed by atoms with Gasteiger partial charge < -0.3 is 4.74 Å². The number of aryl methyl sites for hydroxylation is 1. The van der Waals surface area contributed by atoms with Crippen molar-refractivity contribution in [1.29, 1.82) is 0 Å². The Kier molecular flexibility index (Phi) is 4.94. The van der Waals surface area contributed by atoms with Crippen molar-refractivity contribution in [2.75, 3.05) is 17.1 Å². The predicted octanol–water partition coefficient (Wildman–Crippen LogP) is 1.71. The number of sulfonamides is 1. The van der Waals surface area contributed by atoms with Crippen LogP contribution in [-0.4, -0.2) is 33.3 Å². The summed E-state index contributed by atoms with van der Waals surface area (Å²) < 4.78 is 29.7. The quantitative estimate of drug-likeness (QED) is 0.773. The van der Waals surface area contributed by atoms with Gasteiger partial charge in [0.15, 0.2) is 0 Å². The minimum Gasteiger partial charge on any atom is -0.462 e. The topological polar surface area (TPSA) is 63.7 Å². The Bertz CT molecular complexity index is 552. The first kappa shape index (κ1) is 15.5. The van der Waals surface area contributed by atoms with E-state index < -0.39 is 16.0 Å². The number of hydrogen-bond donors (Lipinski definition) is 0. The summed E-state index contributed by atoms with van der Waals surface area (Å²) in [6.07, 6.45) is 0.799. The maximum Gasteiger partial charge on any atom is 0.327 e. The van der Waals surface area contributed by atoms with Crippen LogP contribution in [0.1, 0.15) is 19.4 Å². The molecular weight excluding hydrogens is 266 g/mol. The lowest BCUT2D eigenvalue weighted by molar-refractivity contribution is -0.145. The van der Waals surface area contributed by atoms with Gasteiger partial charge in [-0.15, -0.1) is 0 Å². The average Bonchev–Trinajstić information content (AvgIpc) is 2.24. The van der Waals surface area contributed by atoms with Gasteiger partial charge >= 0.3 is 5.97 Å². The molecule has 6 heteroatoms. The van der Waals surface area contributed by atoms with Gasteiger partial charge in [0.25, 0.3) is 0 Å². The number of para-hydroxylation sites is 1. The van der Waals surface area contributed by atoms with Crippen LogP contribution in [0.25, 0.3) is 0 Å². The van der Waals surface area contributed by atoms with E-state index in [9.17, 15) is 13.2 Å². The van der Waals surface area contributed by atoms with Crippen molar-refractivity contribution in [2.24, 2.45) is 0 Å². The van der Waals surface area contributed by atoms with Gasteiger partial charge in [-0.25, -0.2) is 8.42 Å². The summed E-state index contributed by atoms with van der Waals surface area (Å²) in [7, 11) is -3.54. The molecule has 19 heavy (non-hydrogen) atoms. The zero-order valence-electron chi connectivity index (χ0n) is 11.6. The third kappa shape index (κ3) is 4.55. The zero-order valence-corrected chi connectivity index (χ0v) is 12.4. The molecule has 0 N–H and O–H groups in total. The van der Waals surface area contributed by atoms with Crippen LogP contribution in [0, 0.1) is 6.92 Å². The van der Waals surface area contributed by atoms with Crippen molar-refractivity contribution >= 4 is 21.7 Å². The van der Waals surface area contributed by atoms with E-state index in [4.69, 9.17) is 4.74 Å². The highest BCUT2D eigenvalue weighted by Gasteiger charge is 2.23. The number of benzene rings is 1. The SMILES string of the molecule is Cc1ccccc1N(CC(=O)OC(C)C)S(C)(=O)=O. The first-order valence-corrected chi connectivity index (χ1v) is 7.79. The number of ether oxygens (including phenoxy) is 1. The fourth-order valence-corrected chi connectivity index (χ4v) is 2.54. The van der Waals surface area contributed by atoms with Crippen molar-refractivity contribution in [3.63, 3.8) is 0 Å². The minimum atomic E-state index is -3.54. The van der Waals surface area contributed by atoms with E-state index in [1.54, 1.807) is 39.0 Å².